The van der Waals surface area contributed by atoms with Crippen LogP contribution < -0.4 is 19.9 Å². The summed E-state index contributed by atoms with van der Waals surface area (Å²) in [6.07, 6.45) is 5.35. The average Bonchev–Trinajstić information content (AvgIpc) is 2.78. The maximum Gasteiger partial charge on any atom is 0.254 e. The summed E-state index contributed by atoms with van der Waals surface area (Å²) in [6, 6.07) is 13.2. The van der Waals surface area contributed by atoms with Crippen LogP contribution in [0.4, 0.5) is 5.69 Å². The lowest BCUT2D eigenvalue weighted by Crippen LogP contribution is -2.42. The van der Waals surface area contributed by atoms with Crippen LogP contribution in [-0.2, 0) is 0 Å². The number of methoxy groups -OCH3 is 1. The van der Waals surface area contributed by atoms with Gasteiger partial charge in [-0.15, -0.1) is 0 Å². The maximum atomic E-state index is 12.9. The minimum Gasteiger partial charge on any atom is -0.494 e. The first-order valence-electron chi connectivity index (χ1n) is 11.9. The number of carbonyl (C=O) groups excluding carboxylic acids is 1. The molecule has 2 aromatic carbocycles. The first-order chi connectivity index (χ1) is 15.8. The highest BCUT2D eigenvalue weighted by Crippen LogP contribution is 2.29. The Bertz CT molecular complexity index is 842. The van der Waals surface area contributed by atoms with Gasteiger partial charge in [0, 0.05) is 23.3 Å². The van der Waals surface area contributed by atoms with Crippen LogP contribution in [0.25, 0.3) is 0 Å². The number of nitrogens with two attached hydrogens (primary N) is 1. The minimum absolute atomic E-state index is 0.00484. The molecule has 6 nitrogen and oxygen atoms in total. The second-order valence-electron chi connectivity index (χ2n) is 8.80. The van der Waals surface area contributed by atoms with Crippen LogP contribution in [0.1, 0.15) is 70.2 Å². The first-order valence-corrected chi connectivity index (χ1v) is 11.9. The molecule has 0 aromatic heterocycles. The normalized spacial score (nSPS) is 11.0. The van der Waals surface area contributed by atoms with Gasteiger partial charge in [-0.3, -0.25) is 4.79 Å². The Labute approximate surface area is 199 Å². The summed E-state index contributed by atoms with van der Waals surface area (Å²) in [5.74, 6) is 2.13. The summed E-state index contributed by atoms with van der Waals surface area (Å²) in [4.78, 5) is 14.8. The van der Waals surface area contributed by atoms with Crippen molar-refractivity contribution in [2.45, 2.75) is 71.9 Å². The third-order valence-corrected chi connectivity index (χ3v) is 5.45. The monoisotopic (exact) mass is 456 g/mol. The minimum atomic E-state index is 0.00484. The van der Waals surface area contributed by atoms with E-state index in [1.807, 2.05) is 69.0 Å². The topological polar surface area (TPSA) is 74.0 Å². The lowest BCUT2D eigenvalue weighted by Gasteiger charge is -2.31. The Morgan fingerprint density at radius 3 is 1.97 bits per heavy atom. The Hall–Kier alpha value is -2.89. The molecule has 0 aliphatic heterocycles. The molecule has 33 heavy (non-hydrogen) atoms. The molecular formula is C27H40N2O4. The molecule has 0 heterocycles. The van der Waals surface area contributed by atoms with Gasteiger partial charge in [0.25, 0.3) is 5.91 Å². The van der Waals surface area contributed by atoms with Crippen molar-refractivity contribution in [1.29, 1.82) is 0 Å². The summed E-state index contributed by atoms with van der Waals surface area (Å²) < 4.78 is 17.1. The number of nitrogen functional groups attached to an aromatic ring is 1. The number of nitrogens with zero attached hydrogens (tertiary/aromatic N) is 1. The molecule has 1 amide bonds. The molecule has 2 aromatic rings. The van der Waals surface area contributed by atoms with E-state index in [0.717, 1.165) is 43.5 Å². The second-order valence-corrected chi connectivity index (χ2v) is 8.80. The van der Waals surface area contributed by atoms with Gasteiger partial charge in [-0.2, -0.15) is 0 Å². The summed E-state index contributed by atoms with van der Waals surface area (Å²) in [7, 11) is 1.60. The lowest BCUT2D eigenvalue weighted by molar-refractivity contribution is 0.0643. The quantitative estimate of drug-likeness (QED) is 0.281. The molecule has 182 valence electrons. The molecule has 0 saturated heterocycles. The fraction of sp³-hybridized carbons (Fsp3) is 0.519. The van der Waals surface area contributed by atoms with Gasteiger partial charge in [0.15, 0.2) is 11.5 Å². The predicted molar refractivity (Wildman–Crippen MR) is 134 cm³/mol. The molecule has 6 heteroatoms. The zero-order chi connectivity index (χ0) is 24.2. The van der Waals surface area contributed by atoms with E-state index in [1.54, 1.807) is 13.2 Å². The largest absolute Gasteiger partial charge is 0.494 e. The van der Waals surface area contributed by atoms with E-state index >= 15 is 0 Å². The average molecular weight is 457 g/mol. The first kappa shape index (κ1) is 26.4. The zero-order valence-electron chi connectivity index (χ0n) is 20.8. The van der Waals surface area contributed by atoms with E-state index in [9.17, 15) is 4.79 Å². The van der Waals surface area contributed by atoms with Crippen molar-refractivity contribution in [2.24, 2.45) is 0 Å². The van der Waals surface area contributed by atoms with Crippen molar-refractivity contribution in [2.75, 3.05) is 26.1 Å². The highest BCUT2D eigenvalue weighted by atomic mass is 16.5. The number of anilines is 1. The number of benzene rings is 2. The van der Waals surface area contributed by atoms with Gasteiger partial charge in [0.05, 0.1) is 20.3 Å². The Balaban J connectivity index is 1.70. The van der Waals surface area contributed by atoms with E-state index in [4.69, 9.17) is 19.9 Å². The van der Waals surface area contributed by atoms with E-state index in [1.165, 1.54) is 0 Å². The van der Waals surface area contributed by atoms with E-state index in [0.29, 0.717) is 30.3 Å². The van der Waals surface area contributed by atoms with Gasteiger partial charge in [-0.1, -0.05) is 19.3 Å². The molecule has 0 aliphatic carbocycles. The summed E-state index contributed by atoms with van der Waals surface area (Å²) in [5.41, 5.74) is 7.03. The van der Waals surface area contributed by atoms with Crippen LogP contribution in [-0.4, -0.2) is 43.2 Å². The molecule has 0 radical (unpaired) electrons. The van der Waals surface area contributed by atoms with Crippen molar-refractivity contribution in [1.82, 2.24) is 4.90 Å². The smallest absolute Gasteiger partial charge is 0.254 e. The standard InChI is InChI=1S/C27H40N2O4/c1-20(2)29(21(3)4)27(30)22-11-16-25(26(19-22)31-5)33-18-10-8-6-7-9-17-32-24-14-12-23(28)13-15-24/h11-16,19-21H,6-10,17-18,28H2,1-5H3. The van der Waals surface area contributed by atoms with Crippen molar-refractivity contribution < 1.29 is 19.0 Å². The number of ether oxygens (including phenoxy) is 3. The third kappa shape index (κ3) is 8.52. The molecule has 0 unspecified atom stereocenters. The van der Waals surface area contributed by atoms with Crippen molar-refractivity contribution in [3.63, 3.8) is 0 Å². The van der Waals surface area contributed by atoms with Crippen molar-refractivity contribution >= 4 is 11.6 Å². The molecule has 0 bridgehead atoms. The molecule has 0 fully saturated rings. The van der Waals surface area contributed by atoms with E-state index < -0.39 is 0 Å². The predicted octanol–water partition coefficient (Wildman–Crippen LogP) is 5.94. The highest BCUT2D eigenvalue weighted by molar-refractivity contribution is 5.95. The van der Waals surface area contributed by atoms with Gasteiger partial charge in [0.1, 0.15) is 5.75 Å². The van der Waals surface area contributed by atoms with Gasteiger partial charge in [-0.05, 0) is 83.0 Å². The number of hydrogen-bond donors (Lipinski definition) is 1. The Kier molecular flexibility index (Phi) is 10.9. The number of hydrogen-bond acceptors (Lipinski definition) is 5. The van der Waals surface area contributed by atoms with Gasteiger partial charge < -0.3 is 24.8 Å². The van der Waals surface area contributed by atoms with Gasteiger partial charge in [0.2, 0.25) is 0 Å². The van der Waals surface area contributed by atoms with Gasteiger partial charge in [-0.25, -0.2) is 0 Å². The van der Waals surface area contributed by atoms with Crippen LogP contribution in [0, 0.1) is 0 Å². The summed E-state index contributed by atoms with van der Waals surface area (Å²) in [6.45, 7) is 9.45. The van der Waals surface area contributed by atoms with Crippen molar-refractivity contribution in [3.05, 3.63) is 48.0 Å². The fourth-order valence-electron chi connectivity index (χ4n) is 3.80. The number of amides is 1. The zero-order valence-corrected chi connectivity index (χ0v) is 20.8. The molecular weight excluding hydrogens is 416 g/mol. The molecule has 2 N–H and O–H groups in total. The molecule has 0 saturated carbocycles. The van der Waals surface area contributed by atoms with Crippen LogP contribution in [0.2, 0.25) is 0 Å². The van der Waals surface area contributed by atoms with Crippen LogP contribution in [0.15, 0.2) is 42.5 Å². The number of carbonyl (C=O) groups is 1. The van der Waals surface area contributed by atoms with Crippen LogP contribution in [0.3, 0.4) is 0 Å². The maximum absolute atomic E-state index is 12.9. The Morgan fingerprint density at radius 1 is 0.818 bits per heavy atom. The van der Waals surface area contributed by atoms with Crippen LogP contribution >= 0.6 is 0 Å². The van der Waals surface area contributed by atoms with E-state index in [2.05, 4.69) is 0 Å². The molecule has 0 aliphatic rings. The third-order valence-electron chi connectivity index (χ3n) is 5.45. The summed E-state index contributed by atoms with van der Waals surface area (Å²) >= 11 is 0. The van der Waals surface area contributed by atoms with E-state index in [-0.39, 0.29) is 18.0 Å². The van der Waals surface area contributed by atoms with Gasteiger partial charge >= 0.3 is 0 Å². The fourth-order valence-corrected chi connectivity index (χ4v) is 3.80. The second kappa shape index (κ2) is 13.6. The molecule has 0 spiro atoms. The summed E-state index contributed by atoms with van der Waals surface area (Å²) in [5, 5.41) is 0. The lowest BCUT2D eigenvalue weighted by atomic mass is 10.1. The molecule has 2 rings (SSSR count). The highest BCUT2D eigenvalue weighted by Gasteiger charge is 2.22. The molecule has 0 atom stereocenters. The Morgan fingerprint density at radius 2 is 1.39 bits per heavy atom. The van der Waals surface area contributed by atoms with Crippen LogP contribution in [0.5, 0.6) is 17.2 Å². The van der Waals surface area contributed by atoms with Crippen molar-refractivity contribution in [3.8, 4) is 17.2 Å². The number of rotatable bonds is 14. The number of unbranched alkanes of at least 4 members (excludes halogenated alkanes) is 4. The SMILES string of the molecule is COc1cc(C(=O)N(C(C)C)C(C)C)ccc1OCCCCCCCOc1ccc(N)cc1.